The molecule has 5 N–H and O–H groups in total. The third kappa shape index (κ3) is 7.38. The third-order valence-corrected chi connectivity index (χ3v) is 5.23. The Balaban J connectivity index is 1.72. The van der Waals surface area contributed by atoms with Gasteiger partial charge in [0, 0.05) is 18.0 Å². The molecule has 1 saturated carbocycles. The fraction of sp³-hybridized carbons (Fsp3) is 0.625. The Morgan fingerprint density at radius 3 is 2.73 bits per heavy atom. The molecule has 1 aromatic heterocycles. The monoisotopic (exact) mass is 414 g/mol. The van der Waals surface area contributed by atoms with Gasteiger partial charge in [-0.2, -0.15) is 0 Å². The number of carbonyl (C=O) groups is 1. The lowest BCUT2D eigenvalue weighted by atomic mass is 9.96. The fourth-order valence-electron chi connectivity index (χ4n) is 2.60. The molecule has 0 saturated heterocycles. The molecule has 26 heavy (non-hydrogen) atoms. The molecule has 0 spiro atoms. The minimum atomic E-state index is -0.347. The van der Waals surface area contributed by atoms with E-state index in [1.165, 1.54) is 30.6 Å². The first-order valence-corrected chi connectivity index (χ1v) is 10.7. The number of thiazole rings is 1. The molecule has 0 unspecified atom stereocenters. The number of hydrogen-bond donors (Lipinski definition) is 5. The molecule has 1 fully saturated rings. The largest absolute Gasteiger partial charge is 0.361 e. The van der Waals surface area contributed by atoms with Crippen molar-refractivity contribution in [3.05, 3.63) is 11.1 Å². The lowest BCUT2D eigenvalue weighted by molar-refractivity contribution is 0.0939. The van der Waals surface area contributed by atoms with E-state index in [1.54, 1.807) is 5.38 Å². The van der Waals surface area contributed by atoms with Gasteiger partial charge in [0.25, 0.3) is 5.91 Å². The van der Waals surface area contributed by atoms with Crippen molar-refractivity contribution in [1.82, 2.24) is 26.5 Å². The van der Waals surface area contributed by atoms with Crippen LogP contribution < -0.4 is 26.8 Å². The number of anilines is 1. The molecule has 1 aromatic rings. The second kappa shape index (κ2) is 11.2. The zero-order valence-electron chi connectivity index (χ0n) is 14.9. The summed E-state index contributed by atoms with van der Waals surface area (Å²) in [5, 5.41) is 12.6. The van der Waals surface area contributed by atoms with Gasteiger partial charge in [-0.1, -0.05) is 32.6 Å². The summed E-state index contributed by atoms with van der Waals surface area (Å²) < 4.78 is 0. The highest BCUT2D eigenvalue weighted by molar-refractivity contribution is 7.80. The molecule has 0 aliphatic heterocycles. The van der Waals surface area contributed by atoms with Crippen molar-refractivity contribution in [2.75, 3.05) is 11.9 Å². The molecule has 1 aliphatic rings. The number of nitrogens with zero attached hydrogens (tertiary/aromatic N) is 1. The molecule has 0 radical (unpaired) electrons. The van der Waals surface area contributed by atoms with E-state index in [2.05, 4.69) is 38.7 Å². The van der Waals surface area contributed by atoms with Gasteiger partial charge in [-0.3, -0.25) is 15.6 Å². The smallest absolute Gasteiger partial charge is 0.289 e. The fourth-order valence-corrected chi connectivity index (χ4v) is 3.78. The van der Waals surface area contributed by atoms with Crippen LogP contribution in [-0.2, 0) is 0 Å². The molecule has 10 heteroatoms. The van der Waals surface area contributed by atoms with E-state index in [1.807, 2.05) is 0 Å². The van der Waals surface area contributed by atoms with Crippen LogP contribution in [0.2, 0.25) is 0 Å². The second-order valence-electron chi connectivity index (χ2n) is 6.16. The van der Waals surface area contributed by atoms with E-state index in [0.717, 1.165) is 32.2 Å². The van der Waals surface area contributed by atoms with Crippen LogP contribution in [0.5, 0.6) is 0 Å². The van der Waals surface area contributed by atoms with Gasteiger partial charge in [-0.25, -0.2) is 4.98 Å². The molecule has 7 nitrogen and oxygen atoms in total. The summed E-state index contributed by atoms with van der Waals surface area (Å²) in [5.41, 5.74) is 5.51. The Bertz CT molecular complexity index is 615. The maximum Gasteiger partial charge on any atom is 0.289 e. The van der Waals surface area contributed by atoms with E-state index in [0.29, 0.717) is 27.1 Å². The van der Waals surface area contributed by atoms with Crippen LogP contribution >= 0.6 is 35.8 Å². The summed E-state index contributed by atoms with van der Waals surface area (Å²) in [7, 11) is 0. The zero-order valence-corrected chi connectivity index (χ0v) is 17.3. The van der Waals surface area contributed by atoms with Crippen LogP contribution in [0.3, 0.4) is 0 Å². The van der Waals surface area contributed by atoms with Gasteiger partial charge in [0.1, 0.15) is 5.69 Å². The predicted octanol–water partition coefficient (Wildman–Crippen LogP) is 2.67. The number of hydrogen-bond acceptors (Lipinski definition) is 5. The molecular weight excluding hydrogens is 388 g/mol. The van der Waals surface area contributed by atoms with Gasteiger partial charge in [-0.15, -0.1) is 11.3 Å². The van der Waals surface area contributed by atoms with E-state index in [4.69, 9.17) is 24.4 Å². The van der Waals surface area contributed by atoms with Gasteiger partial charge in [0.15, 0.2) is 15.4 Å². The number of hydrazine groups is 1. The summed E-state index contributed by atoms with van der Waals surface area (Å²) in [6.45, 7) is 2.87. The first-order valence-electron chi connectivity index (χ1n) is 8.95. The van der Waals surface area contributed by atoms with Crippen molar-refractivity contribution < 1.29 is 4.79 Å². The predicted molar refractivity (Wildman–Crippen MR) is 114 cm³/mol. The van der Waals surface area contributed by atoms with E-state index in [9.17, 15) is 4.79 Å². The number of thiocarbonyl (C=S) groups is 2. The van der Waals surface area contributed by atoms with Gasteiger partial charge in [0.05, 0.1) is 0 Å². The van der Waals surface area contributed by atoms with Crippen molar-refractivity contribution >= 4 is 57.0 Å². The summed E-state index contributed by atoms with van der Waals surface area (Å²) in [5.74, 6) is -0.347. The molecular formula is C16H26N6OS3. The van der Waals surface area contributed by atoms with Gasteiger partial charge >= 0.3 is 0 Å². The van der Waals surface area contributed by atoms with E-state index in [-0.39, 0.29) is 5.91 Å². The number of carbonyl (C=O) groups excluding carboxylic acids is 1. The Hall–Kier alpha value is -1.52. The highest BCUT2D eigenvalue weighted by atomic mass is 32.1. The second-order valence-corrected chi connectivity index (χ2v) is 7.83. The van der Waals surface area contributed by atoms with Crippen LogP contribution in [0, 0.1) is 0 Å². The van der Waals surface area contributed by atoms with Crippen LogP contribution in [0.4, 0.5) is 5.13 Å². The number of unbranched alkanes of at least 4 members (excludes halogenated alkanes) is 1. The van der Waals surface area contributed by atoms with Crippen molar-refractivity contribution in [3.63, 3.8) is 0 Å². The molecule has 1 amide bonds. The van der Waals surface area contributed by atoms with Crippen LogP contribution in [0.25, 0.3) is 0 Å². The summed E-state index contributed by atoms with van der Waals surface area (Å²) in [4.78, 5) is 16.4. The highest BCUT2D eigenvalue weighted by Gasteiger charge is 2.15. The maximum absolute atomic E-state index is 12.1. The van der Waals surface area contributed by atoms with Crippen LogP contribution in [-0.4, -0.2) is 33.7 Å². The van der Waals surface area contributed by atoms with Crippen molar-refractivity contribution in [2.45, 2.75) is 57.9 Å². The quantitative estimate of drug-likeness (QED) is 0.276. The molecule has 1 aliphatic carbocycles. The topological polar surface area (TPSA) is 90.1 Å². The molecule has 0 aromatic carbocycles. The molecule has 144 valence electrons. The van der Waals surface area contributed by atoms with Crippen molar-refractivity contribution in [3.8, 4) is 0 Å². The normalized spacial score (nSPS) is 14.3. The Morgan fingerprint density at radius 1 is 1.23 bits per heavy atom. The summed E-state index contributed by atoms with van der Waals surface area (Å²) in [6.07, 6.45) is 8.17. The highest BCUT2D eigenvalue weighted by Crippen LogP contribution is 2.18. The SMILES string of the molecule is CCCCNC(=S)NNC(=O)c1csc(NC(=S)NC2CCCCC2)n1. The molecule has 1 heterocycles. The average molecular weight is 415 g/mol. The first-order chi connectivity index (χ1) is 12.6. The van der Waals surface area contributed by atoms with Crippen molar-refractivity contribution in [1.29, 1.82) is 0 Å². The zero-order chi connectivity index (χ0) is 18.8. The number of amides is 1. The Kier molecular flexibility index (Phi) is 8.99. The molecule has 0 bridgehead atoms. The lowest BCUT2D eigenvalue weighted by Gasteiger charge is -2.23. The Labute approximate surface area is 169 Å². The van der Waals surface area contributed by atoms with Crippen molar-refractivity contribution in [2.24, 2.45) is 0 Å². The summed E-state index contributed by atoms with van der Waals surface area (Å²) >= 11 is 11.7. The maximum atomic E-state index is 12.1. The van der Waals surface area contributed by atoms with E-state index < -0.39 is 0 Å². The number of nitrogens with one attached hydrogen (secondary N) is 5. The van der Waals surface area contributed by atoms with Gasteiger partial charge in [0.2, 0.25) is 0 Å². The lowest BCUT2D eigenvalue weighted by Crippen LogP contribution is -2.47. The minimum Gasteiger partial charge on any atom is -0.361 e. The van der Waals surface area contributed by atoms with Crippen LogP contribution in [0.1, 0.15) is 62.4 Å². The Morgan fingerprint density at radius 2 is 2.00 bits per heavy atom. The number of aromatic nitrogens is 1. The third-order valence-electron chi connectivity index (χ3n) is 4.00. The summed E-state index contributed by atoms with van der Waals surface area (Å²) in [6, 6.07) is 0.428. The molecule has 2 rings (SSSR count). The van der Waals surface area contributed by atoms with Gasteiger partial charge in [-0.05, 0) is 43.7 Å². The van der Waals surface area contributed by atoms with Crippen LogP contribution in [0.15, 0.2) is 5.38 Å². The average Bonchev–Trinajstić information content (AvgIpc) is 3.09. The standard InChI is InChI=1S/C16H26N6OS3/c1-2-3-9-17-14(24)22-21-13(23)12-10-26-16(19-12)20-15(25)18-11-7-5-4-6-8-11/h10-11H,2-9H2,1H3,(H,21,23)(H2,17,22,24)(H2,18,19,20,25). The van der Waals surface area contributed by atoms with E-state index >= 15 is 0 Å². The first kappa shape index (κ1) is 20.8. The van der Waals surface area contributed by atoms with Gasteiger partial charge < -0.3 is 16.0 Å². The molecule has 0 atom stereocenters. The number of rotatable bonds is 6. The minimum absolute atomic E-state index is 0.307.